The van der Waals surface area contributed by atoms with E-state index < -0.39 is 0 Å². The van der Waals surface area contributed by atoms with Gasteiger partial charge in [0, 0.05) is 37.0 Å². The molecule has 0 spiro atoms. The molecule has 1 aliphatic heterocycles. The van der Waals surface area contributed by atoms with Gasteiger partial charge in [0.1, 0.15) is 11.7 Å². The van der Waals surface area contributed by atoms with E-state index in [1.165, 1.54) is 0 Å². The van der Waals surface area contributed by atoms with Crippen LogP contribution in [0.4, 0.5) is 11.4 Å². The molecule has 7 heteroatoms. The fourth-order valence-corrected chi connectivity index (χ4v) is 3.59. The Hall–Kier alpha value is -3.35. The number of carbonyl (C=O) groups excluding carboxylic acids is 1. The number of imidazole rings is 1. The summed E-state index contributed by atoms with van der Waals surface area (Å²) < 4.78 is 2.06. The van der Waals surface area contributed by atoms with Gasteiger partial charge in [-0.3, -0.25) is 10.2 Å². The molecule has 4 N–H and O–H groups in total. The van der Waals surface area contributed by atoms with E-state index in [0.29, 0.717) is 18.5 Å². The second kappa shape index (κ2) is 7.34. The normalized spacial score (nSPS) is 14.5. The zero-order valence-corrected chi connectivity index (χ0v) is 15.9. The lowest BCUT2D eigenvalue weighted by Gasteiger charge is -2.26. The number of nitrogens with zero attached hydrogens (tertiary/aromatic N) is 3. The van der Waals surface area contributed by atoms with Crippen LogP contribution in [0.3, 0.4) is 0 Å². The van der Waals surface area contributed by atoms with Crippen LogP contribution in [0.15, 0.2) is 42.5 Å². The molecule has 0 atom stereocenters. The van der Waals surface area contributed by atoms with Gasteiger partial charge >= 0.3 is 0 Å². The lowest BCUT2D eigenvalue weighted by Crippen LogP contribution is -2.35. The first-order valence-corrected chi connectivity index (χ1v) is 9.47. The number of amides is 1. The number of benzene rings is 2. The highest BCUT2D eigenvalue weighted by atomic mass is 16.2. The van der Waals surface area contributed by atoms with E-state index in [-0.39, 0.29) is 11.7 Å². The Bertz CT molecular complexity index is 1040. The highest BCUT2D eigenvalue weighted by Gasteiger charge is 2.20. The largest absolute Gasteiger partial charge is 0.384 e. The predicted molar refractivity (Wildman–Crippen MR) is 112 cm³/mol. The summed E-state index contributed by atoms with van der Waals surface area (Å²) in [6.45, 7) is 1.35. The van der Waals surface area contributed by atoms with E-state index in [4.69, 9.17) is 16.1 Å². The molecular weight excluding hydrogens is 352 g/mol. The fraction of sp³-hybridized carbons (Fsp3) is 0.286. The van der Waals surface area contributed by atoms with Gasteiger partial charge in [-0.25, -0.2) is 4.98 Å². The molecule has 28 heavy (non-hydrogen) atoms. The zero-order chi connectivity index (χ0) is 19.7. The number of rotatable bonds is 5. The number of anilines is 2. The van der Waals surface area contributed by atoms with Crippen LogP contribution in [-0.2, 0) is 18.4 Å². The third kappa shape index (κ3) is 3.43. The third-order valence-corrected chi connectivity index (χ3v) is 5.24. The lowest BCUT2D eigenvalue weighted by atomic mass is 10.1. The van der Waals surface area contributed by atoms with Gasteiger partial charge in [-0.2, -0.15) is 0 Å². The molecule has 1 amide bonds. The van der Waals surface area contributed by atoms with E-state index in [1.807, 2.05) is 54.4 Å². The molecule has 3 aromatic rings. The first-order chi connectivity index (χ1) is 13.5. The number of aromatic nitrogens is 2. The summed E-state index contributed by atoms with van der Waals surface area (Å²) in [7, 11) is 2.00. The van der Waals surface area contributed by atoms with Crippen LogP contribution in [-0.4, -0.2) is 27.8 Å². The molecule has 0 aliphatic carbocycles. The quantitative estimate of drug-likeness (QED) is 0.471. The molecule has 1 aliphatic rings. The van der Waals surface area contributed by atoms with Gasteiger partial charge in [0.25, 0.3) is 0 Å². The van der Waals surface area contributed by atoms with Gasteiger partial charge in [0.2, 0.25) is 5.91 Å². The smallest absolute Gasteiger partial charge is 0.226 e. The zero-order valence-electron chi connectivity index (χ0n) is 15.9. The summed E-state index contributed by atoms with van der Waals surface area (Å²) in [5, 5.41) is 10.8. The molecule has 2 aromatic carbocycles. The molecule has 2 heterocycles. The highest BCUT2D eigenvalue weighted by molar-refractivity contribution is 5.96. The number of aryl methyl sites for hydroxylation is 1. The molecule has 1 aromatic heterocycles. The Morgan fingerprint density at radius 1 is 1.21 bits per heavy atom. The number of nitrogens with two attached hydrogens (primary N) is 1. The van der Waals surface area contributed by atoms with Crippen molar-refractivity contribution >= 4 is 34.2 Å². The Balaban J connectivity index is 1.53. The topological polar surface area (TPSA) is 100 Å². The van der Waals surface area contributed by atoms with Gasteiger partial charge in [-0.15, -0.1) is 0 Å². The van der Waals surface area contributed by atoms with Crippen LogP contribution in [0.5, 0.6) is 0 Å². The van der Waals surface area contributed by atoms with Gasteiger partial charge < -0.3 is 20.5 Å². The molecule has 0 saturated carbocycles. The average molecular weight is 376 g/mol. The molecule has 1 fully saturated rings. The Morgan fingerprint density at radius 2 is 2.00 bits per heavy atom. The van der Waals surface area contributed by atoms with Crippen LogP contribution in [0.1, 0.15) is 30.7 Å². The van der Waals surface area contributed by atoms with Crippen molar-refractivity contribution in [3.63, 3.8) is 0 Å². The molecule has 1 saturated heterocycles. The maximum Gasteiger partial charge on any atom is 0.226 e. The van der Waals surface area contributed by atoms with Crippen molar-refractivity contribution in [1.29, 1.82) is 5.41 Å². The van der Waals surface area contributed by atoms with Crippen molar-refractivity contribution in [2.75, 3.05) is 16.8 Å². The van der Waals surface area contributed by atoms with E-state index >= 15 is 0 Å². The molecule has 144 valence electrons. The van der Waals surface area contributed by atoms with Gasteiger partial charge in [0.15, 0.2) is 0 Å². The van der Waals surface area contributed by atoms with Crippen molar-refractivity contribution in [2.24, 2.45) is 12.8 Å². The summed E-state index contributed by atoms with van der Waals surface area (Å²) in [6.07, 6.45) is 2.64. The summed E-state index contributed by atoms with van der Waals surface area (Å²) in [4.78, 5) is 18.8. The summed E-state index contributed by atoms with van der Waals surface area (Å²) >= 11 is 0. The Morgan fingerprint density at radius 3 is 2.71 bits per heavy atom. The number of hydrogen-bond acceptors (Lipinski definition) is 4. The molecule has 0 radical (unpaired) electrons. The van der Waals surface area contributed by atoms with Crippen LogP contribution < -0.4 is 16.0 Å². The maximum absolute atomic E-state index is 12.2. The molecular formula is C21H24N6O. The van der Waals surface area contributed by atoms with E-state index in [0.717, 1.165) is 47.6 Å². The third-order valence-electron chi connectivity index (χ3n) is 5.24. The molecule has 0 bridgehead atoms. The molecule has 0 unspecified atom stereocenters. The fourth-order valence-electron chi connectivity index (χ4n) is 3.59. The summed E-state index contributed by atoms with van der Waals surface area (Å²) in [5.74, 6) is 1.16. The predicted octanol–water partition coefficient (Wildman–Crippen LogP) is 2.99. The second-order valence-corrected chi connectivity index (χ2v) is 7.11. The number of amidine groups is 1. The monoisotopic (exact) mass is 376 g/mol. The van der Waals surface area contributed by atoms with Crippen LogP contribution in [0, 0.1) is 5.41 Å². The Kier molecular flexibility index (Phi) is 4.73. The summed E-state index contributed by atoms with van der Waals surface area (Å²) in [5.41, 5.74) is 9.99. The van der Waals surface area contributed by atoms with Gasteiger partial charge in [0.05, 0.1) is 17.6 Å². The van der Waals surface area contributed by atoms with Crippen LogP contribution >= 0.6 is 0 Å². The van der Waals surface area contributed by atoms with Crippen molar-refractivity contribution < 1.29 is 4.79 Å². The average Bonchev–Trinajstić information content (AvgIpc) is 3.02. The number of carbonyl (C=O) groups is 1. The first kappa shape index (κ1) is 18.0. The van der Waals surface area contributed by atoms with Crippen LogP contribution in [0.25, 0.3) is 11.0 Å². The SMILES string of the molecule is Cn1c(CNc2ccc(C(=N)N)cc2)nc2cc(N3CCCCC3=O)ccc21. The van der Waals surface area contributed by atoms with E-state index in [2.05, 4.69) is 9.88 Å². The lowest BCUT2D eigenvalue weighted by molar-refractivity contribution is -0.119. The Labute approximate surface area is 163 Å². The standard InChI is InChI=1S/C21H24N6O/c1-26-18-10-9-16(27-11-3-2-4-20(27)28)12-17(18)25-19(26)13-24-15-7-5-14(6-8-15)21(22)23/h5-10,12,24H,2-4,11,13H2,1H3,(H3,22,23). The number of piperidine rings is 1. The first-order valence-electron chi connectivity index (χ1n) is 9.47. The van der Waals surface area contributed by atoms with Crippen molar-refractivity contribution in [3.8, 4) is 0 Å². The van der Waals surface area contributed by atoms with E-state index in [9.17, 15) is 4.79 Å². The number of fused-ring (bicyclic) bond motifs is 1. The van der Waals surface area contributed by atoms with E-state index in [1.54, 1.807) is 0 Å². The van der Waals surface area contributed by atoms with Gasteiger partial charge in [-0.05, 0) is 55.3 Å². The van der Waals surface area contributed by atoms with Crippen molar-refractivity contribution in [2.45, 2.75) is 25.8 Å². The minimum absolute atomic E-state index is 0.0601. The van der Waals surface area contributed by atoms with Crippen LogP contribution in [0.2, 0.25) is 0 Å². The summed E-state index contributed by atoms with van der Waals surface area (Å²) in [6, 6.07) is 13.5. The maximum atomic E-state index is 12.2. The number of nitrogen functional groups attached to an aromatic ring is 1. The number of nitrogens with one attached hydrogen (secondary N) is 2. The second-order valence-electron chi connectivity index (χ2n) is 7.11. The minimum Gasteiger partial charge on any atom is -0.384 e. The van der Waals surface area contributed by atoms with Crippen molar-refractivity contribution in [3.05, 3.63) is 53.9 Å². The molecule has 4 rings (SSSR count). The van der Waals surface area contributed by atoms with Crippen molar-refractivity contribution in [1.82, 2.24) is 9.55 Å². The molecule has 7 nitrogen and oxygen atoms in total. The minimum atomic E-state index is 0.0601. The van der Waals surface area contributed by atoms with Gasteiger partial charge in [-0.1, -0.05) is 0 Å². The highest BCUT2D eigenvalue weighted by Crippen LogP contribution is 2.26. The number of hydrogen-bond donors (Lipinski definition) is 3.